The fourth-order valence-corrected chi connectivity index (χ4v) is 5.78. The van der Waals surface area contributed by atoms with Crippen LogP contribution in [-0.2, 0) is 10.4 Å². The number of likely N-dealkylation sites (tertiary alicyclic amines) is 1. The second-order valence-electron chi connectivity index (χ2n) is 8.90. The summed E-state index contributed by atoms with van der Waals surface area (Å²) >= 11 is 0. The smallest absolute Gasteiger partial charge is 0.247 e. The van der Waals surface area contributed by atoms with E-state index in [1.165, 1.54) is 0 Å². The van der Waals surface area contributed by atoms with Gasteiger partial charge in [0.15, 0.2) is 0 Å². The van der Waals surface area contributed by atoms with Crippen LogP contribution in [0.1, 0.15) is 44.2 Å². The number of hydrogen-bond donors (Lipinski definition) is 2. The summed E-state index contributed by atoms with van der Waals surface area (Å²) in [7, 11) is 0. The molecule has 30 heavy (non-hydrogen) atoms. The Morgan fingerprint density at radius 2 is 1.77 bits per heavy atom. The minimum atomic E-state index is -0.916. The van der Waals surface area contributed by atoms with Gasteiger partial charge in [-0.2, -0.15) is 0 Å². The Balaban J connectivity index is 1.38. The molecule has 1 amide bonds. The summed E-state index contributed by atoms with van der Waals surface area (Å²) in [6, 6.07) is 16.1. The quantitative estimate of drug-likeness (QED) is 0.820. The number of nitrogens with zero attached hydrogens (tertiary/aromatic N) is 3. The maximum Gasteiger partial charge on any atom is 0.247 e. The monoisotopic (exact) mass is 406 g/mol. The summed E-state index contributed by atoms with van der Waals surface area (Å²) in [5.41, 5.74) is 0.461. The molecule has 2 saturated heterocycles. The van der Waals surface area contributed by atoms with Gasteiger partial charge in [0.05, 0.1) is 12.4 Å². The summed E-state index contributed by atoms with van der Waals surface area (Å²) in [5.74, 6) is 0.134. The fraction of sp³-hybridized carbons (Fsp3) is 0.500. The van der Waals surface area contributed by atoms with Crippen molar-refractivity contribution in [3.05, 3.63) is 60.4 Å². The molecule has 1 spiro atoms. The van der Waals surface area contributed by atoms with Crippen LogP contribution in [0.3, 0.4) is 0 Å². The molecule has 6 nitrogen and oxygen atoms in total. The lowest BCUT2D eigenvalue weighted by molar-refractivity contribution is -0.127. The van der Waals surface area contributed by atoms with Gasteiger partial charge in [-0.25, -0.2) is 0 Å². The molecule has 6 heteroatoms. The number of piperidine rings is 1. The van der Waals surface area contributed by atoms with Crippen molar-refractivity contribution in [1.29, 1.82) is 0 Å². The van der Waals surface area contributed by atoms with E-state index in [0.29, 0.717) is 6.67 Å². The summed E-state index contributed by atoms with van der Waals surface area (Å²) in [6.07, 6.45) is 7.15. The highest BCUT2D eigenvalue weighted by Gasteiger charge is 2.53. The SMILES string of the molecule is O=C1NCN(c2ccccc2)C12CCN(C1CCCCC1(O)c1ccccn1)CC2. The lowest BCUT2D eigenvalue weighted by Gasteiger charge is -2.50. The molecule has 5 rings (SSSR count). The number of benzene rings is 1. The van der Waals surface area contributed by atoms with E-state index in [0.717, 1.165) is 63.0 Å². The second-order valence-corrected chi connectivity index (χ2v) is 8.90. The van der Waals surface area contributed by atoms with E-state index in [4.69, 9.17) is 0 Å². The average molecular weight is 407 g/mol. The van der Waals surface area contributed by atoms with Crippen LogP contribution in [0.5, 0.6) is 0 Å². The van der Waals surface area contributed by atoms with Crippen LogP contribution in [0.25, 0.3) is 0 Å². The van der Waals surface area contributed by atoms with Crippen LogP contribution in [0.2, 0.25) is 0 Å². The Hall–Kier alpha value is -2.44. The Morgan fingerprint density at radius 1 is 1.00 bits per heavy atom. The number of carbonyl (C=O) groups excluding carboxylic acids is 1. The van der Waals surface area contributed by atoms with E-state index in [-0.39, 0.29) is 11.9 Å². The van der Waals surface area contributed by atoms with Crippen molar-refractivity contribution in [2.24, 2.45) is 0 Å². The largest absolute Gasteiger partial charge is 0.382 e. The van der Waals surface area contributed by atoms with Crippen LogP contribution < -0.4 is 10.2 Å². The van der Waals surface area contributed by atoms with Crippen molar-refractivity contribution in [1.82, 2.24) is 15.2 Å². The zero-order valence-electron chi connectivity index (χ0n) is 17.3. The van der Waals surface area contributed by atoms with Crippen LogP contribution in [0.15, 0.2) is 54.7 Å². The zero-order valence-corrected chi connectivity index (χ0v) is 17.3. The molecule has 2 aromatic rings. The molecule has 3 aliphatic rings. The minimum absolute atomic E-state index is 0.0492. The van der Waals surface area contributed by atoms with Gasteiger partial charge in [0.25, 0.3) is 0 Å². The van der Waals surface area contributed by atoms with E-state index in [9.17, 15) is 9.90 Å². The molecule has 0 bridgehead atoms. The second kappa shape index (κ2) is 7.67. The first-order valence-electron chi connectivity index (χ1n) is 11.1. The van der Waals surface area contributed by atoms with Gasteiger partial charge in [0, 0.05) is 31.0 Å². The molecule has 0 radical (unpaired) electrons. The Morgan fingerprint density at radius 3 is 2.50 bits per heavy atom. The number of para-hydroxylation sites is 1. The predicted octanol–water partition coefficient (Wildman–Crippen LogP) is 2.64. The highest BCUT2D eigenvalue weighted by Crippen LogP contribution is 2.43. The summed E-state index contributed by atoms with van der Waals surface area (Å²) in [5, 5.41) is 14.8. The standard InChI is InChI=1S/C24H30N4O2/c29-22-23(28(18-26-22)19-8-2-1-3-9-19)13-16-27(17-14-23)21-11-4-6-12-24(21,30)20-10-5-7-15-25-20/h1-3,5,7-10,15,21,30H,4,6,11-14,16-18H2,(H,26,29). The molecule has 2 atom stereocenters. The van der Waals surface area contributed by atoms with Gasteiger partial charge in [-0.3, -0.25) is 14.7 Å². The Kier molecular flexibility index (Phi) is 4.99. The third-order valence-electron chi connectivity index (χ3n) is 7.42. The number of aromatic nitrogens is 1. The Bertz CT molecular complexity index is 883. The van der Waals surface area contributed by atoms with Crippen LogP contribution in [-0.4, -0.2) is 52.2 Å². The topological polar surface area (TPSA) is 68.7 Å². The number of carbonyl (C=O) groups is 1. The van der Waals surface area contributed by atoms with E-state index >= 15 is 0 Å². The number of nitrogens with one attached hydrogen (secondary N) is 1. The molecule has 2 unspecified atom stereocenters. The lowest BCUT2D eigenvalue weighted by Crippen LogP contribution is -2.61. The summed E-state index contributed by atoms with van der Waals surface area (Å²) in [4.78, 5) is 22.1. The molecule has 1 aromatic carbocycles. The van der Waals surface area contributed by atoms with Crippen molar-refractivity contribution in [3.63, 3.8) is 0 Å². The van der Waals surface area contributed by atoms with E-state index < -0.39 is 11.1 Å². The molecule has 3 fully saturated rings. The number of amides is 1. The third-order valence-corrected chi connectivity index (χ3v) is 7.42. The molecule has 1 saturated carbocycles. The first-order valence-corrected chi connectivity index (χ1v) is 11.1. The number of aliphatic hydroxyl groups is 1. The Labute approximate surface area is 177 Å². The number of rotatable bonds is 3. The van der Waals surface area contributed by atoms with E-state index in [1.807, 2.05) is 36.4 Å². The summed E-state index contributed by atoms with van der Waals surface area (Å²) < 4.78 is 0. The minimum Gasteiger partial charge on any atom is -0.382 e. The van der Waals surface area contributed by atoms with Crippen molar-refractivity contribution >= 4 is 11.6 Å². The lowest BCUT2D eigenvalue weighted by atomic mass is 9.75. The number of anilines is 1. The van der Waals surface area contributed by atoms with Crippen LogP contribution in [0, 0.1) is 0 Å². The van der Waals surface area contributed by atoms with Crippen LogP contribution in [0.4, 0.5) is 5.69 Å². The van der Waals surface area contributed by atoms with Crippen molar-refractivity contribution in [3.8, 4) is 0 Å². The van der Waals surface area contributed by atoms with Crippen LogP contribution >= 0.6 is 0 Å². The van der Waals surface area contributed by atoms with E-state index in [2.05, 4.69) is 32.2 Å². The third kappa shape index (κ3) is 3.10. The van der Waals surface area contributed by atoms with Gasteiger partial charge in [-0.15, -0.1) is 0 Å². The molecular formula is C24H30N4O2. The molecule has 158 valence electrons. The molecule has 2 N–H and O–H groups in total. The van der Waals surface area contributed by atoms with Gasteiger partial charge in [0.1, 0.15) is 11.1 Å². The van der Waals surface area contributed by atoms with Crippen molar-refractivity contribution in [2.75, 3.05) is 24.7 Å². The summed E-state index contributed by atoms with van der Waals surface area (Å²) in [6.45, 7) is 2.16. The molecule has 2 aliphatic heterocycles. The molecule has 1 aliphatic carbocycles. The average Bonchev–Trinajstić information content (AvgIpc) is 3.11. The van der Waals surface area contributed by atoms with Gasteiger partial charge in [0.2, 0.25) is 5.91 Å². The maximum absolute atomic E-state index is 12.9. The van der Waals surface area contributed by atoms with Gasteiger partial charge in [-0.1, -0.05) is 37.1 Å². The molecule has 1 aromatic heterocycles. The number of hydrogen-bond acceptors (Lipinski definition) is 5. The highest BCUT2D eigenvalue weighted by molar-refractivity contribution is 5.93. The molecule has 3 heterocycles. The highest BCUT2D eigenvalue weighted by atomic mass is 16.3. The van der Waals surface area contributed by atoms with Gasteiger partial charge < -0.3 is 15.3 Å². The maximum atomic E-state index is 12.9. The number of pyridine rings is 1. The van der Waals surface area contributed by atoms with Crippen molar-refractivity contribution in [2.45, 2.75) is 55.7 Å². The fourth-order valence-electron chi connectivity index (χ4n) is 5.78. The van der Waals surface area contributed by atoms with E-state index in [1.54, 1.807) is 6.20 Å². The predicted molar refractivity (Wildman–Crippen MR) is 116 cm³/mol. The van der Waals surface area contributed by atoms with Gasteiger partial charge >= 0.3 is 0 Å². The zero-order chi connectivity index (χ0) is 20.6. The first-order chi connectivity index (χ1) is 14.6. The normalized spacial score (nSPS) is 29.2. The first kappa shape index (κ1) is 19.5. The van der Waals surface area contributed by atoms with Crippen molar-refractivity contribution < 1.29 is 9.90 Å². The van der Waals surface area contributed by atoms with Gasteiger partial charge in [-0.05, 0) is 49.9 Å². The molecular weight excluding hydrogens is 376 g/mol.